The van der Waals surface area contributed by atoms with Crippen molar-refractivity contribution in [3.8, 4) is 10.6 Å². The zero-order valence-electron chi connectivity index (χ0n) is 10.5. The highest BCUT2D eigenvalue weighted by atomic mass is 32.1. The van der Waals surface area contributed by atoms with Crippen molar-refractivity contribution in [1.29, 1.82) is 0 Å². The van der Waals surface area contributed by atoms with Crippen molar-refractivity contribution in [2.24, 2.45) is 0 Å². The summed E-state index contributed by atoms with van der Waals surface area (Å²) < 4.78 is 0.733. The number of fused-ring (bicyclic) bond motifs is 1. The summed E-state index contributed by atoms with van der Waals surface area (Å²) in [6.07, 6.45) is 0. The van der Waals surface area contributed by atoms with Gasteiger partial charge in [-0.2, -0.15) is 0 Å². The first-order valence-corrected chi connectivity index (χ1v) is 6.75. The molecule has 0 saturated heterocycles. The molecule has 0 unspecified atom stereocenters. The standard InChI is InChI=1S/C14H8N2O4S/c17-14(18)9-4-5-11-12(7-9)21-13(15-11)8-2-1-3-10(6-8)16(19)20/h1-7H,(H,17,18). The van der Waals surface area contributed by atoms with E-state index in [0.717, 1.165) is 4.70 Å². The molecule has 2 aromatic carbocycles. The molecule has 0 atom stereocenters. The summed E-state index contributed by atoms with van der Waals surface area (Å²) in [6, 6.07) is 10.9. The van der Waals surface area contributed by atoms with Gasteiger partial charge in [0.15, 0.2) is 0 Å². The Kier molecular flexibility index (Phi) is 3.11. The Labute approximate surface area is 122 Å². The van der Waals surface area contributed by atoms with Crippen LogP contribution in [0.5, 0.6) is 0 Å². The van der Waals surface area contributed by atoms with Crippen molar-refractivity contribution in [2.75, 3.05) is 0 Å². The van der Waals surface area contributed by atoms with Crippen LogP contribution < -0.4 is 0 Å². The Morgan fingerprint density at radius 3 is 2.76 bits per heavy atom. The van der Waals surface area contributed by atoms with E-state index in [1.807, 2.05) is 0 Å². The first-order chi connectivity index (χ1) is 10.0. The van der Waals surface area contributed by atoms with Crippen LogP contribution in [0.3, 0.4) is 0 Å². The van der Waals surface area contributed by atoms with E-state index in [9.17, 15) is 14.9 Å². The smallest absolute Gasteiger partial charge is 0.335 e. The molecule has 0 amide bonds. The Balaban J connectivity index is 2.10. The summed E-state index contributed by atoms with van der Waals surface area (Å²) >= 11 is 1.31. The maximum Gasteiger partial charge on any atom is 0.335 e. The maximum atomic E-state index is 11.0. The minimum absolute atomic E-state index is 0.00187. The van der Waals surface area contributed by atoms with Crippen LogP contribution in [0.1, 0.15) is 10.4 Å². The molecule has 0 aliphatic rings. The molecule has 0 aliphatic carbocycles. The number of thiazole rings is 1. The Morgan fingerprint density at radius 1 is 1.24 bits per heavy atom. The monoisotopic (exact) mass is 300 g/mol. The molecule has 1 aromatic heterocycles. The number of benzene rings is 2. The molecular formula is C14H8N2O4S. The molecule has 0 fully saturated rings. The van der Waals surface area contributed by atoms with Gasteiger partial charge in [-0.25, -0.2) is 9.78 Å². The van der Waals surface area contributed by atoms with Crippen molar-refractivity contribution < 1.29 is 14.8 Å². The molecule has 0 spiro atoms. The Bertz CT molecular complexity index is 872. The number of rotatable bonds is 3. The predicted octanol–water partition coefficient (Wildman–Crippen LogP) is 3.57. The van der Waals surface area contributed by atoms with E-state index in [2.05, 4.69) is 4.98 Å². The van der Waals surface area contributed by atoms with Crippen molar-refractivity contribution in [2.45, 2.75) is 0 Å². The second-order valence-electron chi connectivity index (χ2n) is 4.31. The second-order valence-corrected chi connectivity index (χ2v) is 5.34. The van der Waals surface area contributed by atoms with Crippen LogP contribution in [0.2, 0.25) is 0 Å². The first kappa shape index (κ1) is 13.2. The third-order valence-corrected chi connectivity index (χ3v) is 4.01. The number of non-ortho nitro benzene ring substituents is 1. The number of carbonyl (C=O) groups is 1. The van der Waals surface area contributed by atoms with Gasteiger partial charge in [0.05, 0.1) is 20.7 Å². The minimum atomic E-state index is -0.998. The second kappa shape index (κ2) is 4.95. The van der Waals surface area contributed by atoms with Gasteiger partial charge in [-0.1, -0.05) is 12.1 Å². The number of hydrogen-bond acceptors (Lipinski definition) is 5. The summed E-state index contributed by atoms with van der Waals surface area (Å²) in [6.45, 7) is 0. The van der Waals surface area contributed by atoms with Gasteiger partial charge in [-0.3, -0.25) is 10.1 Å². The number of nitrogens with zero attached hydrogens (tertiary/aromatic N) is 2. The molecule has 1 N–H and O–H groups in total. The first-order valence-electron chi connectivity index (χ1n) is 5.93. The van der Waals surface area contributed by atoms with E-state index in [1.54, 1.807) is 24.3 Å². The lowest BCUT2D eigenvalue weighted by Gasteiger charge is -1.95. The largest absolute Gasteiger partial charge is 0.478 e. The molecule has 1 heterocycles. The normalized spacial score (nSPS) is 10.7. The van der Waals surface area contributed by atoms with Gasteiger partial charge < -0.3 is 5.11 Å². The van der Waals surface area contributed by atoms with Crippen LogP contribution in [0.25, 0.3) is 20.8 Å². The summed E-state index contributed by atoms with van der Waals surface area (Å²) in [7, 11) is 0. The number of aromatic nitrogens is 1. The fourth-order valence-corrected chi connectivity index (χ4v) is 2.93. The third kappa shape index (κ3) is 2.46. The molecule has 0 aliphatic heterocycles. The van der Waals surface area contributed by atoms with Crippen LogP contribution in [0.4, 0.5) is 5.69 Å². The van der Waals surface area contributed by atoms with Crippen molar-refractivity contribution in [1.82, 2.24) is 4.98 Å². The molecule has 0 saturated carbocycles. The highest BCUT2D eigenvalue weighted by molar-refractivity contribution is 7.21. The summed E-state index contributed by atoms with van der Waals surface area (Å²) in [4.78, 5) is 25.7. The predicted molar refractivity (Wildman–Crippen MR) is 78.7 cm³/mol. The molecule has 6 nitrogen and oxygen atoms in total. The number of nitro benzene ring substituents is 1. The lowest BCUT2D eigenvalue weighted by Crippen LogP contribution is -1.94. The number of nitro groups is 1. The minimum Gasteiger partial charge on any atom is -0.478 e. The van der Waals surface area contributed by atoms with Crippen LogP contribution in [0.15, 0.2) is 42.5 Å². The summed E-state index contributed by atoms with van der Waals surface area (Å²) in [5, 5.41) is 20.4. The average molecular weight is 300 g/mol. The van der Waals surface area contributed by atoms with E-state index < -0.39 is 10.9 Å². The third-order valence-electron chi connectivity index (χ3n) is 2.94. The van der Waals surface area contributed by atoms with Crippen LogP contribution in [-0.2, 0) is 0 Å². The molecule has 3 rings (SSSR count). The number of carboxylic acids is 1. The number of aromatic carboxylic acids is 1. The maximum absolute atomic E-state index is 11.0. The highest BCUT2D eigenvalue weighted by Crippen LogP contribution is 2.32. The van der Waals surface area contributed by atoms with E-state index >= 15 is 0 Å². The van der Waals surface area contributed by atoms with Crippen molar-refractivity contribution in [3.05, 3.63) is 58.1 Å². The number of carboxylic acid groups (broad SMARTS) is 1. The fourth-order valence-electron chi connectivity index (χ4n) is 1.93. The fraction of sp³-hybridized carbons (Fsp3) is 0. The molecule has 21 heavy (non-hydrogen) atoms. The molecule has 7 heteroatoms. The SMILES string of the molecule is O=C(O)c1ccc2nc(-c3cccc([N+](=O)[O-])c3)sc2c1. The molecular weight excluding hydrogens is 292 g/mol. The van der Waals surface area contributed by atoms with Gasteiger partial charge in [0.1, 0.15) is 5.01 Å². The van der Waals surface area contributed by atoms with Crippen LogP contribution >= 0.6 is 11.3 Å². The van der Waals surface area contributed by atoms with E-state index in [1.165, 1.54) is 29.5 Å². The van der Waals surface area contributed by atoms with Gasteiger partial charge in [-0.15, -0.1) is 11.3 Å². The van der Waals surface area contributed by atoms with Crippen molar-refractivity contribution >= 4 is 33.2 Å². The Morgan fingerprint density at radius 2 is 2.05 bits per heavy atom. The quantitative estimate of drug-likeness (QED) is 0.589. The topological polar surface area (TPSA) is 93.3 Å². The van der Waals surface area contributed by atoms with Gasteiger partial charge in [0, 0.05) is 17.7 Å². The van der Waals surface area contributed by atoms with Gasteiger partial charge in [-0.05, 0) is 18.2 Å². The zero-order valence-corrected chi connectivity index (χ0v) is 11.3. The van der Waals surface area contributed by atoms with Crippen molar-refractivity contribution in [3.63, 3.8) is 0 Å². The molecule has 0 radical (unpaired) electrons. The molecule has 0 bridgehead atoms. The van der Waals surface area contributed by atoms with Crippen LogP contribution in [-0.4, -0.2) is 21.0 Å². The van der Waals surface area contributed by atoms with Gasteiger partial charge in [0.2, 0.25) is 0 Å². The lowest BCUT2D eigenvalue weighted by atomic mass is 10.2. The Hall–Kier alpha value is -2.80. The van der Waals surface area contributed by atoms with Crippen LogP contribution in [0, 0.1) is 10.1 Å². The van der Waals surface area contributed by atoms with E-state index in [4.69, 9.17) is 5.11 Å². The van der Waals surface area contributed by atoms with Gasteiger partial charge >= 0.3 is 5.97 Å². The van der Waals surface area contributed by atoms with E-state index in [0.29, 0.717) is 16.1 Å². The highest BCUT2D eigenvalue weighted by Gasteiger charge is 2.12. The zero-order chi connectivity index (χ0) is 15.0. The summed E-state index contributed by atoms with van der Waals surface area (Å²) in [5.74, 6) is -0.998. The van der Waals surface area contributed by atoms with E-state index in [-0.39, 0.29) is 11.3 Å². The van der Waals surface area contributed by atoms with Gasteiger partial charge in [0.25, 0.3) is 5.69 Å². The summed E-state index contributed by atoms with van der Waals surface area (Å²) in [5.41, 5.74) is 1.50. The molecule has 104 valence electrons. The number of hydrogen-bond donors (Lipinski definition) is 1. The molecule has 3 aromatic rings. The lowest BCUT2D eigenvalue weighted by molar-refractivity contribution is -0.384. The average Bonchev–Trinajstić information content (AvgIpc) is 2.90.